The molecule has 0 aliphatic heterocycles. The van der Waals surface area contributed by atoms with Gasteiger partial charge in [-0.25, -0.2) is 8.42 Å². The summed E-state index contributed by atoms with van der Waals surface area (Å²) in [5, 5.41) is 8.28. The lowest BCUT2D eigenvalue weighted by molar-refractivity contribution is -0.121. The van der Waals surface area contributed by atoms with Crippen molar-refractivity contribution < 1.29 is 22.7 Å². The molecule has 0 atom stereocenters. The third-order valence-electron chi connectivity index (χ3n) is 3.36. The number of methoxy groups -OCH3 is 1. The van der Waals surface area contributed by atoms with E-state index in [1.165, 1.54) is 38.2 Å². The first-order chi connectivity index (χ1) is 12.3. The van der Waals surface area contributed by atoms with Gasteiger partial charge < -0.3 is 20.7 Å². The third-order valence-corrected chi connectivity index (χ3v) is 5.17. The van der Waals surface area contributed by atoms with Gasteiger partial charge in [0.05, 0.1) is 18.0 Å². The average molecular weight is 386 g/mol. The van der Waals surface area contributed by atoms with Crippen molar-refractivity contribution in [3.05, 3.63) is 24.3 Å². The van der Waals surface area contributed by atoms with E-state index in [1.807, 2.05) is 0 Å². The zero-order valence-electron chi connectivity index (χ0n) is 15.2. The maximum Gasteiger partial charge on any atom is 0.243 e. The molecule has 146 valence electrons. The van der Waals surface area contributed by atoms with Gasteiger partial charge in [0.2, 0.25) is 21.8 Å². The smallest absolute Gasteiger partial charge is 0.243 e. The molecule has 0 bridgehead atoms. The van der Waals surface area contributed by atoms with Crippen LogP contribution >= 0.6 is 0 Å². The van der Waals surface area contributed by atoms with Gasteiger partial charge in [-0.05, 0) is 24.3 Å². The highest BCUT2D eigenvalue weighted by atomic mass is 32.2. The number of anilines is 1. The van der Waals surface area contributed by atoms with Crippen molar-refractivity contribution in [2.24, 2.45) is 0 Å². The summed E-state index contributed by atoms with van der Waals surface area (Å²) in [4.78, 5) is 22.9. The van der Waals surface area contributed by atoms with E-state index in [1.54, 1.807) is 7.11 Å². The summed E-state index contributed by atoms with van der Waals surface area (Å²) in [5.41, 5.74) is 0.498. The average Bonchev–Trinajstić information content (AvgIpc) is 2.58. The molecular weight excluding hydrogens is 360 g/mol. The molecule has 10 heteroatoms. The van der Waals surface area contributed by atoms with Crippen LogP contribution in [-0.4, -0.2) is 71.5 Å². The lowest BCUT2D eigenvalue weighted by atomic mass is 10.3. The molecule has 0 aromatic heterocycles. The van der Waals surface area contributed by atoms with Crippen LogP contribution in [0.15, 0.2) is 29.2 Å². The second kappa shape index (κ2) is 10.9. The van der Waals surface area contributed by atoms with Crippen molar-refractivity contribution in [2.75, 3.05) is 52.3 Å². The Bertz CT molecular complexity index is 691. The van der Waals surface area contributed by atoms with E-state index in [9.17, 15) is 18.0 Å². The number of nitrogens with zero attached hydrogens (tertiary/aromatic N) is 1. The lowest BCUT2D eigenvalue weighted by Gasteiger charge is -2.17. The van der Waals surface area contributed by atoms with Crippen LogP contribution in [0.25, 0.3) is 0 Å². The van der Waals surface area contributed by atoms with Gasteiger partial charge >= 0.3 is 0 Å². The fourth-order valence-corrected chi connectivity index (χ4v) is 3.15. The normalized spacial score (nSPS) is 11.4. The fraction of sp³-hybridized carbons (Fsp3) is 0.500. The third kappa shape index (κ3) is 7.48. The molecule has 0 heterocycles. The number of carbonyl (C=O) groups excluding carboxylic acids is 2. The van der Waals surface area contributed by atoms with Gasteiger partial charge in [-0.1, -0.05) is 0 Å². The van der Waals surface area contributed by atoms with Crippen LogP contribution in [0.4, 0.5) is 5.69 Å². The number of rotatable bonds is 11. The Hall–Kier alpha value is -2.01. The van der Waals surface area contributed by atoms with Crippen molar-refractivity contribution in [1.82, 2.24) is 14.9 Å². The molecule has 1 rings (SSSR count). The molecule has 0 radical (unpaired) electrons. The summed E-state index contributed by atoms with van der Waals surface area (Å²) in [5.74, 6) is -0.634. The number of hydrogen-bond donors (Lipinski definition) is 3. The van der Waals surface area contributed by atoms with Crippen molar-refractivity contribution in [2.45, 2.75) is 11.8 Å². The van der Waals surface area contributed by atoms with E-state index >= 15 is 0 Å². The lowest BCUT2D eigenvalue weighted by Crippen LogP contribution is -2.40. The molecule has 0 unspecified atom stereocenters. The predicted molar refractivity (Wildman–Crippen MR) is 98.3 cm³/mol. The molecule has 0 aliphatic carbocycles. The molecule has 0 fully saturated rings. The maximum atomic E-state index is 12.5. The number of nitrogens with one attached hydrogen (secondary N) is 3. The largest absolute Gasteiger partial charge is 0.383 e. The summed E-state index contributed by atoms with van der Waals surface area (Å²) < 4.78 is 30.8. The highest BCUT2D eigenvalue weighted by Crippen LogP contribution is 2.17. The maximum absolute atomic E-state index is 12.5. The Morgan fingerprint density at radius 1 is 1.12 bits per heavy atom. The van der Waals surface area contributed by atoms with E-state index in [0.29, 0.717) is 31.9 Å². The van der Waals surface area contributed by atoms with Gasteiger partial charge in [0.25, 0.3) is 0 Å². The highest BCUT2D eigenvalue weighted by molar-refractivity contribution is 7.89. The topological polar surface area (TPSA) is 117 Å². The Labute approximate surface area is 154 Å². The second-order valence-corrected chi connectivity index (χ2v) is 7.60. The van der Waals surface area contributed by atoms with Crippen LogP contribution in [-0.2, 0) is 24.3 Å². The Morgan fingerprint density at radius 3 is 2.35 bits per heavy atom. The van der Waals surface area contributed by atoms with Crippen molar-refractivity contribution in [3.8, 4) is 0 Å². The van der Waals surface area contributed by atoms with Crippen LogP contribution < -0.4 is 16.0 Å². The number of hydrogen-bond acceptors (Lipinski definition) is 6. The van der Waals surface area contributed by atoms with Crippen LogP contribution in [0, 0.1) is 0 Å². The number of sulfonamides is 1. The van der Waals surface area contributed by atoms with Crippen molar-refractivity contribution in [1.29, 1.82) is 0 Å². The number of ether oxygens (including phenoxy) is 1. The van der Waals surface area contributed by atoms with Crippen LogP contribution in [0.2, 0.25) is 0 Å². The molecule has 26 heavy (non-hydrogen) atoms. The van der Waals surface area contributed by atoms with Gasteiger partial charge in [0.1, 0.15) is 0 Å². The summed E-state index contributed by atoms with van der Waals surface area (Å²) in [7, 11) is -0.849. The Kier molecular flexibility index (Phi) is 9.21. The molecular formula is C16H26N4O5S. The van der Waals surface area contributed by atoms with Crippen molar-refractivity contribution >= 4 is 27.5 Å². The van der Waals surface area contributed by atoms with Crippen LogP contribution in [0.3, 0.4) is 0 Å². The van der Waals surface area contributed by atoms with E-state index in [2.05, 4.69) is 16.0 Å². The summed E-state index contributed by atoms with van der Waals surface area (Å²) in [6.07, 6.45) is 0. The molecule has 3 N–H and O–H groups in total. The van der Waals surface area contributed by atoms with Crippen LogP contribution in [0.1, 0.15) is 6.92 Å². The van der Waals surface area contributed by atoms with Gasteiger partial charge in [0.15, 0.2) is 0 Å². The zero-order valence-corrected chi connectivity index (χ0v) is 16.1. The first-order valence-corrected chi connectivity index (χ1v) is 9.51. The number of likely N-dealkylation sites (N-methyl/N-ethyl adjacent to an activating group) is 1. The van der Waals surface area contributed by atoms with Gasteiger partial charge in [-0.15, -0.1) is 0 Å². The predicted octanol–water partition coefficient (Wildman–Crippen LogP) is -0.382. The van der Waals surface area contributed by atoms with E-state index in [-0.39, 0.29) is 23.3 Å². The minimum Gasteiger partial charge on any atom is -0.383 e. The monoisotopic (exact) mass is 386 g/mol. The van der Waals surface area contributed by atoms with Gasteiger partial charge in [-0.3, -0.25) is 9.59 Å². The molecule has 2 amide bonds. The number of carbonyl (C=O) groups is 2. The summed E-state index contributed by atoms with van der Waals surface area (Å²) in [6.45, 7) is 3.29. The van der Waals surface area contributed by atoms with E-state index in [4.69, 9.17) is 4.74 Å². The Morgan fingerprint density at radius 2 is 1.77 bits per heavy atom. The fourth-order valence-electron chi connectivity index (χ4n) is 2.03. The first kappa shape index (κ1) is 22.0. The van der Waals surface area contributed by atoms with E-state index < -0.39 is 10.0 Å². The molecule has 0 saturated carbocycles. The van der Waals surface area contributed by atoms with Gasteiger partial charge in [-0.2, -0.15) is 4.31 Å². The SMILES string of the molecule is COCCNCCNC(=O)CN(C)S(=O)(=O)c1ccc(NC(C)=O)cc1. The van der Waals surface area contributed by atoms with Gasteiger partial charge in [0, 0.05) is 46.4 Å². The Balaban J connectivity index is 2.52. The van der Waals surface area contributed by atoms with Crippen LogP contribution in [0.5, 0.6) is 0 Å². The minimum atomic E-state index is -3.79. The molecule has 9 nitrogen and oxygen atoms in total. The van der Waals surface area contributed by atoms with Crippen molar-refractivity contribution in [3.63, 3.8) is 0 Å². The molecule has 1 aromatic rings. The molecule has 1 aromatic carbocycles. The summed E-state index contributed by atoms with van der Waals surface area (Å²) >= 11 is 0. The first-order valence-electron chi connectivity index (χ1n) is 8.07. The molecule has 0 saturated heterocycles. The van der Waals surface area contributed by atoms with E-state index in [0.717, 1.165) is 4.31 Å². The highest BCUT2D eigenvalue weighted by Gasteiger charge is 2.22. The quantitative estimate of drug-likeness (QED) is 0.446. The minimum absolute atomic E-state index is 0.0446. The number of benzene rings is 1. The summed E-state index contributed by atoms with van der Waals surface area (Å²) in [6, 6.07) is 5.76. The molecule has 0 aliphatic rings. The zero-order chi connectivity index (χ0) is 19.6. The second-order valence-electron chi connectivity index (χ2n) is 5.56. The number of amides is 2. The molecule has 0 spiro atoms. The standard InChI is InChI=1S/C16H26N4O5S/c1-13(21)19-14-4-6-15(7-5-14)26(23,24)20(2)12-16(22)18-9-8-17-10-11-25-3/h4-7,17H,8-12H2,1-3H3,(H,18,22)(H,19,21).